The minimum Gasteiger partial charge on any atom is -0.266 e. The van der Waals surface area contributed by atoms with Gasteiger partial charge in [0.15, 0.2) is 0 Å². The first-order chi connectivity index (χ1) is 9.00. The van der Waals surface area contributed by atoms with Crippen molar-refractivity contribution in [3.63, 3.8) is 0 Å². The van der Waals surface area contributed by atoms with Crippen LogP contribution in [0.2, 0.25) is 5.02 Å². The second-order valence-electron chi connectivity index (χ2n) is 3.58. The Kier molecular flexibility index (Phi) is 3.82. The molecular formula is C12H9ClN2O3S. The quantitative estimate of drug-likeness (QED) is 0.938. The van der Waals surface area contributed by atoms with Gasteiger partial charge in [0.05, 0.1) is 9.92 Å². The maximum absolute atomic E-state index is 11.9. The third kappa shape index (κ3) is 3.10. The van der Waals surface area contributed by atoms with Crippen molar-refractivity contribution in [2.24, 2.45) is 0 Å². The number of amides is 1. The van der Waals surface area contributed by atoms with E-state index in [0.29, 0.717) is 0 Å². The molecule has 0 radical (unpaired) electrons. The predicted octanol–water partition coefficient (Wildman–Crippen LogP) is 1.85. The van der Waals surface area contributed by atoms with E-state index in [2.05, 4.69) is 4.98 Å². The molecule has 0 saturated carbocycles. The van der Waals surface area contributed by atoms with Gasteiger partial charge < -0.3 is 0 Å². The highest BCUT2D eigenvalue weighted by Gasteiger charge is 2.20. The zero-order valence-corrected chi connectivity index (χ0v) is 11.1. The van der Waals surface area contributed by atoms with Gasteiger partial charge in [-0.1, -0.05) is 29.8 Å². The Morgan fingerprint density at radius 2 is 1.79 bits per heavy atom. The van der Waals surface area contributed by atoms with E-state index in [4.69, 9.17) is 11.6 Å². The van der Waals surface area contributed by atoms with E-state index in [9.17, 15) is 13.2 Å². The summed E-state index contributed by atoms with van der Waals surface area (Å²) in [6.45, 7) is 0. The number of nitrogens with one attached hydrogen (secondary N) is 1. The lowest BCUT2D eigenvalue weighted by Gasteiger charge is -2.06. The second kappa shape index (κ2) is 5.38. The van der Waals surface area contributed by atoms with Crippen molar-refractivity contribution in [2.45, 2.75) is 4.90 Å². The number of rotatable bonds is 3. The van der Waals surface area contributed by atoms with Crippen LogP contribution in [-0.4, -0.2) is 19.3 Å². The van der Waals surface area contributed by atoms with Crippen LogP contribution in [0.4, 0.5) is 0 Å². The summed E-state index contributed by atoms with van der Waals surface area (Å²) < 4.78 is 25.8. The minimum atomic E-state index is -3.92. The molecule has 1 aromatic heterocycles. The van der Waals surface area contributed by atoms with Gasteiger partial charge in [0, 0.05) is 6.20 Å². The van der Waals surface area contributed by atoms with Gasteiger partial charge >= 0.3 is 0 Å². The van der Waals surface area contributed by atoms with Gasteiger partial charge in [0.25, 0.3) is 15.9 Å². The Labute approximate surface area is 115 Å². The van der Waals surface area contributed by atoms with E-state index in [1.807, 2.05) is 4.72 Å². The van der Waals surface area contributed by atoms with E-state index in [-0.39, 0.29) is 15.6 Å². The molecule has 0 saturated heterocycles. The van der Waals surface area contributed by atoms with Crippen LogP contribution in [0.15, 0.2) is 53.6 Å². The lowest BCUT2D eigenvalue weighted by molar-refractivity contribution is 0.0977. The average Bonchev–Trinajstić information content (AvgIpc) is 2.39. The number of carbonyl (C=O) groups is 1. The Morgan fingerprint density at radius 1 is 1.11 bits per heavy atom. The average molecular weight is 297 g/mol. The SMILES string of the molecule is O=C(NS(=O)(=O)c1ccccc1)c1ncccc1Cl. The summed E-state index contributed by atoms with van der Waals surface area (Å²) in [6.07, 6.45) is 1.36. The van der Waals surface area contributed by atoms with Crippen LogP contribution in [0.25, 0.3) is 0 Å². The van der Waals surface area contributed by atoms with Crippen molar-refractivity contribution in [3.8, 4) is 0 Å². The van der Waals surface area contributed by atoms with Crippen LogP contribution in [0.5, 0.6) is 0 Å². The van der Waals surface area contributed by atoms with Crippen molar-refractivity contribution in [3.05, 3.63) is 59.4 Å². The summed E-state index contributed by atoms with van der Waals surface area (Å²) in [7, 11) is -3.92. The monoisotopic (exact) mass is 296 g/mol. The smallest absolute Gasteiger partial charge is 0.266 e. The highest BCUT2D eigenvalue weighted by Crippen LogP contribution is 2.13. The van der Waals surface area contributed by atoms with E-state index < -0.39 is 15.9 Å². The van der Waals surface area contributed by atoms with Gasteiger partial charge in [0.1, 0.15) is 5.69 Å². The van der Waals surface area contributed by atoms with Crippen LogP contribution < -0.4 is 4.72 Å². The molecule has 19 heavy (non-hydrogen) atoms. The third-order valence-corrected chi connectivity index (χ3v) is 3.91. The van der Waals surface area contributed by atoms with Crippen molar-refractivity contribution >= 4 is 27.5 Å². The van der Waals surface area contributed by atoms with Crippen LogP contribution in [0.1, 0.15) is 10.5 Å². The van der Waals surface area contributed by atoms with Crippen LogP contribution in [-0.2, 0) is 10.0 Å². The molecule has 1 heterocycles. The first-order valence-corrected chi connectivity index (χ1v) is 7.09. The molecule has 0 aliphatic carbocycles. The normalized spacial score (nSPS) is 11.0. The molecule has 0 aliphatic heterocycles. The summed E-state index contributed by atoms with van der Waals surface area (Å²) in [4.78, 5) is 15.6. The number of aromatic nitrogens is 1. The number of pyridine rings is 1. The minimum absolute atomic E-state index is 0.00426. The summed E-state index contributed by atoms with van der Waals surface area (Å²) >= 11 is 5.78. The molecular weight excluding hydrogens is 288 g/mol. The van der Waals surface area contributed by atoms with E-state index in [1.54, 1.807) is 24.3 Å². The lowest BCUT2D eigenvalue weighted by Crippen LogP contribution is -2.31. The number of nitrogens with zero attached hydrogens (tertiary/aromatic N) is 1. The summed E-state index contributed by atoms with van der Waals surface area (Å²) in [5.74, 6) is -0.866. The van der Waals surface area contributed by atoms with Crippen LogP contribution in [0, 0.1) is 0 Å². The standard InChI is InChI=1S/C12H9ClN2O3S/c13-10-7-4-8-14-11(10)12(16)15-19(17,18)9-5-2-1-3-6-9/h1-8H,(H,15,16). The van der Waals surface area contributed by atoms with E-state index >= 15 is 0 Å². The van der Waals surface area contributed by atoms with Crippen molar-refractivity contribution in [2.75, 3.05) is 0 Å². The molecule has 0 unspecified atom stereocenters. The molecule has 0 aliphatic rings. The van der Waals surface area contributed by atoms with Crippen molar-refractivity contribution in [1.29, 1.82) is 0 Å². The number of hydrogen-bond acceptors (Lipinski definition) is 4. The fourth-order valence-corrected chi connectivity index (χ4v) is 2.56. The molecule has 2 aromatic rings. The molecule has 98 valence electrons. The zero-order chi connectivity index (χ0) is 13.9. The van der Waals surface area contributed by atoms with E-state index in [1.165, 1.54) is 24.4 Å². The summed E-state index contributed by atoms with van der Waals surface area (Å²) in [5, 5.41) is 0.0864. The molecule has 0 bridgehead atoms. The maximum Gasteiger partial charge on any atom is 0.285 e. The van der Waals surface area contributed by atoms with Crippen LogP contribution in [0.3, 0.4) is 0 Å². The Morgan fingerprint density at radius 3 is 2.42 bits per heavy atom. The largest absolute Gasteiger partial charge is 0.285 e. The van der Waals surface area contributed by atoms with Crippen molar-refractivity contribution in [1.82, 2.24) is 9.71 Å². The number of carbonyl (C=O) groups excluding carboxylic acids is 1. The Balaban J connectivity index is 2.27. The molecule has 0 spiro atoms. The van der Waals surface area contributed by atoms with Gasteiger partial charge in [-0.3, -0.25) is 4.79 Å². The van der Waals surface area contributed by atoms with Gasteiger partial charge in [0.2, 0.25) is 0 Å². The number of halogens is 1. The van der Waals surface area contributed by atoms with Gasteiger partial charge in [-0.15, -0.1) is 0 Å². The zero-order valence-electron chi connectivity index (χ0n) is 9.58. The highest BCUT2D eigenvalue weighted by molar-refractivity contribution is 7.90. The molecule has 7 heteroatoms. The van der Waals surface area contributed by atoms with Gasteiger partial charge in [-0.05, 0) is 24.3 Å². The fraction of sp³-hybridized carbons (Fsp3) is 0. The molecule has 1 N–H and O–H groups in total. The topological polar surface area (TPSA) is 76.1 Å². The second-order valence-corrected chi connectivity index (χ2v) is 5.67. The Bertz CT molecular complexity index is 702. The molecule has 2 rings (SSSR count). The molecule has 0 atom stereocenters. The summed E-state index contributed by atoms with van der Waals surface area (Å²) in [5.41, 5.74) is -0.135. The molecule has 1 amide bonds. The molecule has 5 nitrogen and oxygen atoms in total. The molecule has 1 aromatic carbocycles. The first kappa shape index (κ1) is 13.5. The maximum atomic E-state index is 11.9. The Hall–Kier alpha value is -1.92. The number of hydrogen-bond donors (Lipinski definition) is 1. The predicted molar refractivity (Wildman–Crippen MR) is 70.3 cm³/mol. The van der Waals surface area contributed by atoms with Crippen LogP contribution >= 0.6 is 11.6 Å². The van der Waals surface area contributed by atoms with Gasteiger partial charge in [-0.25, -0.2) is 18.1 Å². The molecule has 0 fully saturated rings. The highest BCUT2D eigenvalue weighted by atomic mass is 35.5. The first-order valence-electron chi connectivity index (χ1n) is 5.23. The third-order valence-electron chi connectivity index (χ3n) is 2.25. The van der Waals surface area contributed by atoms with Crippen molar-refractivity contribution < 1.29 is 13.2 Å². The lowest BCUT2D eigenvalue weighted by atomic mass is 10.3. The summed E-state index contributed by atoms with van der Waals surface area (Å²) in [6, 6.07) is 10.6. The fourth-order valence-electron chi connectivity index (χ4n) is 1.38. The van der Waals surface area contributed by atoms with E-state index in [0.717, 1.165) is 0 Å². The number of sulfonamides is 1. The number of benzene rings is 1. The van der Waals surface area contributed by atoms with Gasteiger partial charge in [-0.2, -0.15) is 0 Å².